The molecule has 1 aromatic carbocycles. The molecule has 0 bridgehead atoms. The third-order valence-electron chi connectivity index (χ3n) is 5.03. The van der Waals surface area contributed by atoms with Crippen molar-refractivity contribution in [2.45, 2.75) is 51.2 Å². The molecule has 1 aromatic heterocycles. The summed E-state index contributed by atoms with van der Waals surface area (Å²) in [5.41, 5.74) is 1.78. The van der Waals surface area contributed by atoms with Crippen molar-refractivity contribution >= 4 is 11.8 Å². The molecular weight excluding hydrogens is 328 g/mol. The molecule has 0 spiro atoms. The molecule has 1 fully saturated rings. The van der Waals surface area contributed by atoms with E-state index in [4.69, 9.17) is 0 Å². The molecule has 1 heterocycles. The van der Waals surface area contributed by atoms with E-state index < -0.39 is 6.10 Å². The van der Waals surface area contributed by atoms with Gasteiger partial charge in [-0.1, -0.05) is 43.2 Å². The summed E-state index contributed by atoms with van der Waals surface area (Å²) in [7, 11) is 1.75. The number of aliphatic hydroxyl groups excluding tert-OH is 1. The summed E-state index contributed by atoms with van der Waals surface area (Å²) in [5, 5.41) is 17.8. The molecule has 6 heteroatoms. The SMILES string of the molecule is Cc1cc(NC(=O)N(C)CC[C@@H](O)c2ccccc2)n(C2CCCC2)n1. The molecule has 3 rings (SSSR count). The smallest absolute Gasteiger partial charge is 0.322 e. The van der Waals surface area contributed by atoms with Gasteiger partial charge in [-0.25, -0.2) is 9.48 Å². The van der Waals surface area contributed by atoms with E-state index in [2.05, 4.69) is 10.4 Å². The van der Waals surface area contributed by atoms with Crippen LogP contribution in [0.3, 0.4) is 0 Å². The molecule has 0 aliphatic heterocycles. The second kappa shape index (κ2) is 8.36. The first-order valence-electron chi connectivity index (χ1n) is 9.36. The number of hydrogen-bond donors (Lipinski definition) is 2. The quantitative estimate of drug-likeness (QED) is 0.825. The van der Waals surface area contributed by atoms with Gasteiger partial charge in [-0.15, -0.1) is 0 Å². The molecule has 1 aliphatic rings. The van der Waals surface area contributed by atoms with Gasteiger partial charge in [0.2, 0.25) is 0 Å². The van der Waals surface area contributed by atoms with Gasteiger partial charge < -0.3 is 10.0 Å². The van der Waals surface area contributed by atoms with Crippen LogP contribution in [-0.2, 0) is 0 Å². The molecule has 1 atom stereocenters. The number of benzene rings is 1. The normalized spacial score (nSPS) is 15.8. The summed E-state index contributed by atoms with van der Waals surface area (Å²) in [6.07, 6.45) is 4.58. The van der Waals surface area contributed by atoms with Crippen LogP contribution in [-0.4, -0.2) is 39.4 Å². The molecule has 26 heavy (non-hydrogen) atoms. The van der Waals surface area contributed by atoms with E-state index in [1.54, 1.807) is 11.9 Å². The lowest BCUT2D eigenvalue weighted by molar-refractivity contribution is 0.152. The topological polar surface area (TPSA) is 70.4 Å². The molecule has 0 radical (unpaired) electrons. The molecule has 0 unspecified atom stereocenters. The van der Waals surface area contributed by atoms with Crippen LogP contribution in [0.1, 0.15) is 55.5 Å². The van der Waals surface area contributed by atoms with Crippen molar-refractivity contribution < 1.29 is 9.90 Å². The van der Waals surface area contributed by atoms with Gasteiger partial charge >= 0.3 is 6.03 Å². The number of anilines is 1. The molecule has 1 aliphatic carbocycles. The molecule has 2 N–H and O–H groups in total. The van der Waals surface area contributed by atoms with Gasteiger partial charge in [-0.2, -0.15) is 5.10 Å². The average Bonchev–Trinajstić information content (AvgIpc) is 3.29. The van der Waals surface area contributed by atoms with E-state index >= 15 is 0 Å². The van der Waals surface area contributed by atoms with Gasteiger partial charge in [-0.3, -0.25) is 5.32 Å². The van der Waals surface area contributed by atoms with Crippen molar-refractivity contribution in [3.63, 3.8) is 0 Å². The van der Waals surface area contributed by atoms with Crippen molar-refractivity contribution in [1.29, 1.82) is 0 Å². The maximum Gasteiger partial charge on any atom is 0.322 e. The third kappa shape index (κ3) is 4.43. The minimum atomic E-state index is -0.572. The number of urea groups is 1. The maximum atomic E-state index is 12.5. The zero-order valence-electron chi connectivity index (χ0n) is 15.6. The minimum absolute atomic E-state index is 0.176. The van der Waals surface area contributed by atoms with Crippen molar-refractivity contribution in [3.05, 3.63) is 47.7 Å². The van der Waals surface area contributed by atoms with Gasteiger partial charge in [-0.05, 0) is 31.7 Å². The third-order valence-corrected chi connectivity index (χ3v) is 5.03. The first-order valence-corrected chi connectivity index (χ1v) is 9.36. The van der Waals surface area contributed by atoms with Crippen LogP contribution in [0.4, 0.5) is 10.6 Å². The Kier molecular flexibility index (Phi) is 5.93. The lowest BCUT2D eigenvalue weighted by atomic mass is 10.1. The van der Waals surface area contributed by atoms with Crippen LogP contribution in [0.5, 0.6) is 0 Å². The minimum Gasteiger partial charge on any atom is -0.388 e. The number of carbonyl (C=O) groups excluding carboxylic acids is 1. The lowest BCUT2D eigenvalue weighted by Crippen LogP contribution is -2.33. The highest BCUT2D eigenvalue weighted by molar-refractivity contribution is 5.88. The highest BCUT2D eigenvalue weighted by Crippen LogP contribution is 2.31. The molecule has 140 valence electrons. The highest BCUT2D eigenvalue weighted by atomic mass is 16.3. The Morgan fingerprint density at radius 2 is 2.04 bits per heavy atom. The van der Waals surface area contributed by atoms with Crippen LogP contribution < -0.4 is 5.32 Å². The van der Waals surface area contributed by atoms with Gasteiger partial charge in [0.1, 0.15) is 5.82 Å². The number of amides is 2. The van der Waals surface area contributed by atoms with Crippen molar-refractivity contribution in [2.75, 3.05) is 18.9 Å². The summed E-state index contributed by atoms with van der Waals surface area (Å²) >= 11 is 0. The average molecular weight is 356 g/mol. The van der Waals surface area contributed by atoms with E-state index in [0.29, 0.717) is 19.0 Å². The van der Waals surface area contributed by atoms with Crippen LogP contribution in [0.15, 0.2) is 36.4 Å². The Morgan fingerprint density at radius 3 is 2.73 bits per heavy atom. The fraction of sp³-hybridized carbons (Fsp3) is 0.500. The number of rotatable bonds is 6. The zero-order chi connectivity index (χ0) is 18.5. The first kappa shape index (κ1) is 18.5. The molecule has 2 amide bonds. The van der Waals surface area contributed by atoms with Gasteiger partial charge in [0, 0.05) is 19.7 Å². The van der Waals surface area contributed by atoms with E-state index in [0.717, 1.165) is 29.9 Å². The predicted molar refractivity (Wildman–Crippen MR) is 102 cm³/mol. The standard InChI is InChI=1S/C20H28N4O2/c1-15-14-19(24(22-15)17-10-6-7-11-17)21-20(26)23(2)13-12-18(25)16-8-4-3-5-9-16/h3-5,8-9,14,17-18,25H,6-7,10-13H2,1-2H3,(H,21,26)/t18-/m1/s1. The van der Waals surface area contributed by atoms with E-state index in [1.807, 2.05) is 48.0 Å². The number of aryl methyl sites for hydroxylation is 1. The summed E-state index contributed by atoms with van der Waals surface area (Å²) in [6.45, 7) is 2.42. The van der Waals surface area contributed by atoms with Crippen molar-refractivity contribution in [1.82, 2.24) is 14.7 Å². The van der Waals surface area contributed by atoms with Crippen LogP contribution in [0, 0.1) is 6.92 Å². The summed E-state index contributed by atoms with van der Waals surface area (Å²) in [6, 6.07) is 11.6. The Balaban J connectivity index is 1.56. The number of aliphatic hydroxyl groups is 1. The second-order valence-electron chi connectivity index (χ2n) is 7.12. The molecule has 6 nitrogen and oxygen atoms in total. The maximum absolute atomic E-state index is 12.5. The van der Waals surface area contributed by atoms with Gasteiger partial charge in [0.25, 0.3) is 0 Å². The fourth-order valence-electron chi connectivity index (χ4n) is 3.50. The van der Waals surface area contributed by atoms with Gasteiger partial charge in [0.15, 0.2) is 0 Å². The van der Waals surface area contributed by atoms with E-state index in [9.17, 15) is 9.90 Å². The van der Waals surface area contributed by atoms with Gasteiger partial charge in [0.05, 0.1) is 17.8 Å². The Hall–Kier alpha value is -2.34. The summed E-state index contributed by atoms with van der Waals surface area (Å²) < 4.78 is 1.97. The van der Waals surface area contributed by atoms with Crippen LogP contribution in [0.2, 0.25) is 0 Å². The predicted octanol–water partition coefficient (Wildman–Crippen LogP) is 3.89. The zero-order valence-corrected chi connectivity index (χ0v) is 15.6. The molecule has 1 saturated carbocycles. The number of nitrogens with zero attached hydrogens (tertiary/aromatic N) is 3. The Bertz CT molecular complexity index is 723. The number of aromatic nitrogens is 2. The Morgan fingerprint density at radius 1 is 1.35 bits per heavy atom. The summed E-state index contributed by atoms with van der Waals surface area (Å²) in [5.74, 6) is 0.759. The fourth-order valence-corrected chi connectivity index (χ4v) is 3.50. The largest absolute Gasteiger partial charge is 0.388 e. The van der Waals surface area contributed by atoms with Crippen molar-refractivity contribution in [3.8, 4) is 0 Å². The molecule has 0 saturated heterocycles. The molecular formula is C20H28N4O2. The first-order chi connectivity index (χ1) is 12.5. The number of carbonyl (C=O) groups is 1. The van der Waals surface area contributed by atoms with E-state index in [-0.39, 0.29) is 6.03 Å². The van der Waals surface area contributed by atoms with Crippen LogP contribution >= 0.6 is 0 Å². The highest BCUT2D eigenvalue weighted by Gasteiger charge is 2.22. The monoisotopic (exact) mass is 356 g/mol. The van der Waals surface area contributed by atoms with Crippen LogP contribution in [0.25, 0.3) is 0 Å². The van der Waals surface area contributed by atoms with E-state index in [1.165, 1.54) is 12.8 Å². The lowest BCUT2D eigenvalue weighted by Gasteiger charge is -2.21. The molecule has 2 aromatic rings. The summed E-state index contributed by atoms with van der Waals surface area (Å²) in [4.78, 5) is 14.1. The second-order valence-corrected chi connectivity index (χ2v) is 7.12. The van der Waals surface area contributed by atoms with Crippen molar-refractivity contribution in [2.24, 2.45) is 0 Å². The number of hydrogen-bond acceptors (Lipinski definition) is 3. The Labute approximate surface area is 154 Å². The number of nitrogens with one attached hydrogen (secondary N) is 1.